The predicted molar refractivity (Wildman–Crippen MR) is 105 cm³/mol. The van der Waals surface area contributed by atoms with Crippen LogP contribution in [0.2, 0.25) is 0 Å². The molecule has 0 unspecified atom stereocenters. The number of dihydropyridines is 1. The fraction of sp³-hybridized carbons (Fsp3) is 0.455. The molecule has 30 heavy (non-hydrogen) atoms. The lowest BCUT2D eigenvalue weighted by Crippen LogP contribution is -2.33. The van der Waals surface area contributed by atoms with Gasteiger partial charge in [0.15, 0.2) is 0 Å². The van der Waals surface area contributed by atoms with E-state index in [1.54, 1.807) is 41.5 Å². The molecule has 1 aliphatic heterocycles. The van der Waals surface area contributed by atoms with E-state index in [-0.39, 0.29) is 11.1 Å². The van der Waals surface area contributed by atoms with E-state index < -0.39 is 41.8 Å². The van der Waals surface area contributed by atoms with Crippen LogP contribution in [0.25, 0.3) is 0 Å². The molecule has 0 aliphatic carbocycles. The van der Waals surface area contributed by atoms with Crippen LogP contribution in [-0.4, -0.2) is 24.1 Å². The van der Waals surface area contributed by atoms with Gasteiger partial charge in [-0.25, -0.2) is 9.59 Å². The van der Waals surface area contributed by atoms with E-state index in [0.29, 0.717) is 17.0 Å². The van der Waals surface area contributed by atoms with E-state index in [2.05, 4.69) is 5.32 Å². The third-order valence-electron chi connectivity index (χ3n) is 4.46. The second-order valence-electron chi connectivity index (χ2n) is 7.66. The van der Waals surface area contributed by atoms with Gasteiger partial charge in [0.05, 0.1) is 34.8 Å². The molecule has 0 spiro atoms. The van der Waals surface area contributed by atoms with E-state index in [4.69, 9.17) is 9.47 Å². The maximum atomic E-state index is 13.0. The molecule has 1 aromatic rings. The van der Waals surface area contributed by atoms with Gasteiger partial charge in [-0.3, -0.25) is 0 Å². The van der Waals surface area contributed by atoms with Crippen molar-refractivity contribution in [2.75, 3.05) is 0 Å². The van der Waals surface area contributed by atoms with E-state index >= 15 is 0 Å². The molecular formula is C22H26F3NO4. The molecule has 0 amide bonds. The molecule has 0 fully saturated rings. The Balaban J connectivity index is 2.63. The Morgan fingerprint density at radius 2 is 1.27 bits per heavy atom. The van der Waals surface area contributed by atoms with Crippen LogP contribution in [0.5, 0.6) is 0 Å². The third kappa shape index (κ3) is 5.23. The zero-order chi connectivity index (χ0) is 22.8. The van der Waals surface area contributed by atoms with Gasteiger partial charge in [0.1, 0.15) is 0 Å². The molecule has 164 valence electrons. The average Bonchev–Trinajstić information content (AvgIpc) is 2.58. The lowest BCUT2D eigenvalue weighted by molar-refractivity contribution is -0.144. The van der Waals surface area contributed by atoms with Crippen molar-refractivity contribution in [3.8, 4) is 0 Å². The average molecular weight is 425 g/mol. The van der Waals surface area contributed by atoms with Crippen molar-refractivity contribution in [1.29, 1.82) is 0 Å². The molecule has 1 heterocycles. The lowest BCUT2D eigenvalue weighted by Gasteiger charge is -2.31. The van der Waals surface area contributed by atoms with Gasteiger partial charge >= 0.3 is 18.1 Å². The number of allylic oxidation sites excluding steroid dienone is 2. The minimum atomic E-state index is -4.50. The summed E-state index contributed by atoms with van der Waals surface area (Å²) in [6, 6.07) is 4.40. The van der Waals surface area contributed by atoms with Crippen molar-refractivity contribution in [3.63, 3.8) is 0 Å². The van der Waals surface area contributed by atoms with Gasteiger partial charge in [0.25, 0.3) is 0 Å². The minimum Gasteiger partial charge on any atom is -0.460 e. The van der Waals surface area contributed by atoms with E-state index in [1.165, 1.54) is 12.1 Å². The molecule has 2 rings (SSSR count). The summed E-state index contributed by atoms with van der Waals surface area (Å²) in [4.78, 5) is 25.7. The zero-order valence-corrected chi connectivity index (χ0v) is 17.8. The third-order valence-corrected chi connectivity index (χ3v) is 4.46. The number of carbonyl (C=O) groups excluding carboxylic acids is 2. The molecule has 1 N–H and O–H groups in total. The van der Waals surface area contributed by atoms with Crippen molar-refractivity contribution < 1.29 is 32.2 Å². The summed E-state index contributed by atoms with van der Waals surface area (Å²) in [5, 5.41) is 3.00. The van der Waals surface area contributed by atoms with Crippen molar-refractivity contribution in [2.45, 2.75) is 65.8 Å². The molecule has 8 heteroatoms. The summed E-state index contributed by atoms with van der Waals surface area (Å²) in [6.07, 6.45) is -5.32. The van der Waals surface area contributed by atoms with Gasteiger partial charge in [-0.05, 0) is 59.2 Å². The van der Waals surface area contributed by atoms with Crippen LogP contribution in [0.4, 0.5) is 13.2 Å². The SMILES string of the molecule is CC1=C(C(=O)OC(C)C)C(c2ccc(C(F)(F)F)cc2)C(C(=O)OC(C)C)=C(C)N1. The highest BCUT2D eigenvalue weighted by Crippen LogP contribution is 2.40. The summed E-state index contributed by atoms with van der Waals surface area (Å²) in [5.41, 5.74) is 0.775. The van der Waals surface area contributed by atoms with Crippen molar-refractivity contribution in [2.24, 2.45) is 0 Å². The van der Waals surface area contributed by atoms with Crippen LogP contribution >= 0.6 is 0 Å². The van der Waals surface area contributed by atoms with Crippen LogP contribution < -0.4 is 5.32 Å². The number of hydrogen-bond acceptors (Lipinski definition) is 5. The zero-order valence-electron chi connectivity index (χ0n) is 17.8. The van der Waals surface area contributed by atoms with Gasteiger partial charge in [-0.1, -0.05) is 12.1 Å². The summed E-state index contributed by atoms with van der Waals surface area (Å²) in [5.74, 6) is -2.23. The number of carbonyl (C=O) groups is 2. The summed E-state index contributed by atoms with van der Waals surface area (Å²) in [6.45, 7) is 10.1. The van der Waals surface area contributed by atoms with E-state index in [1.807, 2.05) is 0 Å². The van der Waals surface area contributed by atoms with Crippen LogP contribution in [0.3, 0.4) is 0 Å². The molecule has 0 radical (unpaired) electrons. The van der Waals surface area contributed by atoms with Gasteiger partial charge < -0.3 is 14.8 Å². The Morgan fingerprint density at radius 1 is 0.867 bits per heavy atom. The maximum absolute atomic E-state index is 13.0. The van der Waals surface area contributed by atoms with E-state index in [0.717, 1.165) is 12.1 Å². The molecule has 0 saturated heterocycles. The molecule has 1 aromatic carbocycles. The van der Waals surface area contributed by atoms with Crippen molar-refractivity contribution in [3.05, 3.63) is 57.9 Å². The van der Waals surface area contributed by atoms with Crippen molar-refractivity contribution >= 4 is 11.9 Å². The molecule has 5 nitrogen and oxygen atoms in total. The van der Waals surface area contributed by atoms with Crippen molar-refractivity contribution in [1.82, 2.24) is 5.32 Å². The Hall–Kier alpha value is -2.77. The fourth-order valence-corrected chi connectivity index (χ4v) is 3.29. The molecule has 0 saturated carbocycles. The standard InChI is InChI=1S/C22H26F3NO4/c1-11(2)29-20(27)17-13(5)26-14(6)18(21(28)30-12(3)4)19(17)15-7-9-16(10-8-15)22(23,24)25/h7-12,19,26H,1-6H3. The smallest absolute Gasteiger partial charge is 0.416 e. The minimum absolute atomic E-state index is 0.157. The van der Waals surface area contributed by atoms with Crippen LogP contribution in [-0.2, 0) is 25.2 Å². The highest BCUT2D eigenvalue weighted by Gasteiger charge is 2.39. The maximum Gasteiger partial charge on any atom is 0.416 e. The molecule has 0 bridgehead atoms. The number of rotatable bonds is 5. The number of alkyl halides is 3. The quantitative estimate of drug-likeness (QED) is 0.684. The van der Waals surface area contributed by atoms with Gasteiger partial charge in [0.2, 0.25) is 0 Å². The normalized spacial score (nSPS) is 15.6. The topological polar surface area (TPSA) is 64.6 Å². The lowest BCUT2D eigenvalue weighted by atomic mass is 9.80. The fourth-order valence-electron chi connectivity index (χ4n) is 3.29. The Kier molecular flexibility index (Phi) is 7.00. The summed E-state index contributed by atoms with van der Waals surface area (Å²) < 4.78 is 49.7. The molecule has 0 atom stereocenters. The highest BCUT2D eigenvalue weighted by molar-refractivity contribution is 6.00. The summed E-state index contributed by atoms with van der Waals surface area (Å²) in [7, 11) is 0. The summed E-state index contributed by atoms with van der Waals surface area (Å²) >= 11 is 0. The Bertz CT molecular complexity index is 837. The van der Waals surface area contributed by atoms with Crippen LogP contribution in [0.15, 0.2) is 46.8 Å². The van der Waals surface area contributed by atoms with Crippen LogP contribution in [0, 0.1) is 0 Å². The number of benzene rings is 1. The van der Waals surface area contributed by atoms with Gasteiger partial charge in [0, 0.05) is 11.4 Å². The first-order valence-corrected chi connectivity index (χ1v) is 9.60. The first-order valence-electron chi connectivity index (χ1n) is 9.60. The van der Waals surface area contributed by atoms with Crippen LogP contribution in [0.1, 0.15) is 58.6 Å². The van der Waals surface area contributed by atoms with E-state index in [9.17, 15) is 22.8 Å². The first kappa shape index (κ1) is 23.5. The number of ether oxygens (including phenoxy) is 2. The molecule has 1 aliphatic rings. The second kappa shape index (κ2) is 8.93. The number of halogens is 3. The number of hydrogen-bond donors (Lipinski definition) is 1. The monoisotopic (exact) mass is 425 g/mol. The largest absolute Gasteiger partial charge is 0.460 e. The Morgan fingerprint density at radius 3 is 1.60 bits per heavy atom. The first-order chi connectivity index (χ1) is 13.8. The number of esters is 2. The molecular weight excluding hydrogens is 399 g/mol. The van der Waals surface area contributed by atoms with Gasteiger partial charge in [-0.15, -0.1) is 0 Å². The number of nitrogens with one attached hydrogen (secondary N) is 1. The second-order valence-corrected chi connectivity index (χ2v) is 7.66. The predicted octanol–water partition coefficient (Wildman–Crippen LogP) is 4.84. The van der Waals surface area contributed by atoms with Gasteiger partial charge in [-0.2, -0.15) is 13.2 Å². The Labute approximate surface area is 173 Å². The molecule has 0 aromatic heterocycles. The highest BCUT2D eigenvalue weighted by atomic mass is 19.4.